The lowest BCUT2D eigenvalue weighted by Gasteiger charge is -2.29. The number of rotatable bonds is 14. The third-order valence-corrected chi connectivity index (χ3v) is 6.13. The molecule has 4 N–H and O–H groups in total. The number of nitrogens with two attached hydrogens (primary N) is 1. The molecule has 1 amide bonds. The van der Waals surface area contributed by atoms with Crippen molar-refractivity contribution >= 4 is 29.3 Å². The van der Waals surface area contributed by atoms with E-state index in [-0.39, 0.29) is 24.7 Å². The van der Waals surface area contributed by atoms with Gasteiger partial charge in [-0.3, -0.25) is 19.7 Å². The van der Waals surface area contributed by atoms with Crippen molar-refractivity contribution < 1.29 is 29.0 Å². The highest BCUT2D eigenvalue weighted by atomic mass is 16.5. The Hall–Kier alpha value is -2.98. The first-order chi connectivity index (χ1) is 16.7. The Bertz CT molecular complexity index is 873. The van der Waals surface area contributed by atoms with Crippen molar-refractivity contribution in [3.05, 3.63) is 29.8 Å². The first-order valence-corrected chi connectivity index (χ1v) is 12.2. The van der Waals surface area contributed by atoms with Crippen molar-refractivity contribution in [3.63, 3.8) is 0 Å². The SMILES string of the molecule is CCOC(=O)C(CC(=O)c1ccc(N(C)C)cc1)N[C@@H](CCCCN)C(=O)N1CCC[C@H]1C(=O)O. The van der Waals surface area contributed by atoms with Gasteiger partial charge in [-0.2, -0.15) is 0 Å². The number of Topliss-reactive ketones (excluding diaryl/α,β-unsaturated/α-hetero) is 1. The van der Waals surface area contributed by atoms with Gasteiger partial charge in [0.25, 0.3) is 0 Å². The number of amides is 1. The molecule has 10 heteroatoms. The van der Waals surface area contributed by atoms with E-state index in [4.69, 9.17) is 10.5 Å². The van der Waals surface area contributed by atoms with Crippen molar-refractivity contribution in [2.75, 3.05) is 38.7 Å². The Labute approximate surface area is 206 Å². The topological polar surface area (TPSA) is 142 Å². The van der Waals surface area contributed by atoms with Crippen LogP contribution in [0.5, 0.6) is 0 Å². The van der Waals surface area contributed by atoms with Gasteiger partial charge in [0, 0.05) is 38.3 Å². The molecule has 1 aliphatic heterocycles. The number of hydrogen-bond donors (Lipinski definition) is 3. The third kappa shape index (κ3) is 8.03. The Kier molecular flexibility index (Phi) is 11.1. The number of ketones is 1. The van der Waals surface area contributed by atoms with Crippen molar-refractivity contribution in [2.45, 2.75) is 63.6 Å². The molecular weight excluding hydrogens is 452 g/mol. The predicted molar refractivity (Wildman–Crippen MR) is 132 cm³/mol. The van der Waals surface area contributed by atoms with Crippen LogP contribution in [0, 0.1) is 0 Å². The van der Waals surface area contributed by atoms with E-state index in [0.717, 1.165) is 5.69 Å². The van der Waals surface area contributed by atoms with E-state index in [9.17, 15) is 24.3 Å². The highest BCUT2D eigenvalue weighted by molar-refractivity contribution is 5.99. The number of carbonyl (C=O) groups is 4. The standard InChI is InChI=1S/C25H38N4O6/c1-4-35-25(34)20(16-22(30)17-10-12-18(13-11-17)28(2)3)27-19(8-5-6-14-26)23(31)29-15-7-9-21(29)24(32)33/h10-13,19-21,27H,4-9,14-16,26H2,1-3H3,(H,32,33)/t19-,20?,21-/m0/s1. The molecule has 1 saturated heterocycles. The molecule has 1 heterocycles. The summed E-state index contributed by atoms with van der Waals surface area (Å²) in [7, 11) is 3.79. The number of nitrogens with one attached hydrogen (secondary N) is 1. The Balaban J connectivity index is 2.23. The summed E-state index contributed by atoms with van der Waals surface area (Å²) in [5.41, 5.74) is 6.99. The van der Waals surface area contributed by atoms with Crippen LogP contribution in [-0.2, 0) is 19.1 Å². The summed E-state index contributed by atoms with van der Waals surface area (Å²) in [6.07, 6.45) is 2.44. The minimum Gasteiger partial charge on any atom is -0.480 e. The van der Waals surface area contributed by atoms with Crippen molar-refractivity contribution in [1.29, 1.82) is 0 Å². The highest BCUT2D eigenvalue weighted by Gasteiger charge is 2.38. The molecule has 10 nitrogen and oxygen atoms in total. The highest BCUT2D eigenvalue weighted by Crippen LogP contribution is 2.21. The van der Waals surface area contributed by atoms with Gasteiger partial charge in [-0.05, 0) is 63.4 Å². The molecule has 3 atom stereocenters. The number of benzene rings is 1. The second-order valence-electron chi connectivity index (χ2n) is 8.90. The van der Waals surface area contributed by atoms with Gasteiger partial charge in [-0.15, -0.1) is 0 Å². The van der Waals surface area contributed by atoms with E-state index in [1.54, 1.807) is 19.1 Å². The summed E-state index contributed by atoms with van der Waals surface area (Å²) >= 11 is 0. The number of carboxylic acids is 1. The molecule has 2 rings (SSSR count). The third-order valence-electron chi connectivity index (χ3n) is 6.13. The van der Waals surface area contributed by atoms with Gasteiger partial charge in [-0.1, -0.05) is 6.42 Å². The zero-order valence-electron chi connectivity index (χ0n) is 20.9. The van der Waals surface area contributed by atoms with Crippen LogP contribution in [0.3, 0.4) is 0 Å². The number of hydrogen-bond acceptors (Lipinski definition) is 8. The molecule has 0 spiro atoms. The summed E-state index contributed by atoms with van der Waals surface area (Å²) in [6, 6.07) is 4.27. The number of likely N-dealkylation sites (tertiary alicyclic amines) is 1. The number of carboxylic acid groups (broad SMARTS) is 1. The van der Waals surface area contributed by atoms with Gasteiger partial charge in [-0.25, -0.2) is 4.79 Å². The number of esters is 1. The van der Waals surface area contributed by atoms with Crippen LogP contribution in [-0.4, -0.2) is 85.6 Å². The van der Waals surface area contributed by atoms with Crippen LogP contribution < -0.4 is 16.0 Å². The summed E-state index contributed by atoms with van der Waals surface area (Å²) in [5, 5.41) is 12.6. The first kappa shape index (κ1) is 28.3. The number of carbonyl (C=O) groups excluding carboxylic acids is 3. The minimum atomic E-state index is -1.05. The molecule has 1 aromatic rings. The van der Waals surface area contributed by atoms with Gasteiger partial charge >= 0.3 is 11.9 Å². The largest absolute Gasteiger partial charge is 0.480 e. The zero-order chi connectivity index (χ0) is 26.0. The lowest BCUT2D eigenvalue weighted by Crippen LogP contribution is -2.54. The lowest BCUT2D eigenvalue weighted by molar-refractivity contribution is -0.150. The maximum absolute atomic E-state index is 13.4. The number of unbranched alkanes of at least 4 members (excludes halogenated alkanes) is 1. The van der Waals surface area contributed by atoms with E-state index in [0.29, 0.717) is 50.8 Å². The van der Waals surface area contributed by atoms with E-state index >= 15 is 0 Å². The van der Waals surface area contributed by atoms with E-state index < -0.39 is 30.1 Å². The smallest absolute Gasteiger partial charge is 0.326 e. The van der Waals surface area contributed by atoms with Crippen LogP contribution in [0.15, 0.2) is 24.3 Å². The van der Waals surface area contributed by atoms with Gasteiger partial charge in [0.15, 0.2) is 5.78 Å². The van der Waals surface area contributed by atoms with Gasteiger partial charge in [0.2, 0.25) is 5.91 Å². The second-order valence-corrected chi connectivity index (χ2v) is 8.90. The monoisotopic (exact) mass is 490 g/mol. The van der Waals surface area contributed by atoms with Crippen LogP contribution in [0.2, 0.25) is 0 Å². The summed E-state index contributed by atoms with van der Waals surface area (Å²) in [4.78, 5) is 54.0. The fourth-order valence-corrected chi connectivity index (χ4v) is 4.20. The normalized spacial score (nSPS) is 17.0. The van der Waals surface area contributed by atoms with Crippen molar-refractivity contribution in [2.24, 2.45) is 5.73 Å². The number of nitrogens with zero attached hydrogens (tertiary/aromatic N) is 2. The van der Waals surface area contributed by atoms with E-state index in [2.05, 4.69) is 5.32 Å². The average Bonchev–Trinajstić information content (AvgIpc) is 3.33. The van der Waals surface area contributed by atoms with Gasteiger partial charge in [0.05, 0.1) is 12.6 Å². The Morgan fingerprint density at radius 3 is 2.43 bits per heavy atom. The fraction of sp³-hybridized carbons (Fsp3) is 0.600. The minimum absolute atomic E-state index is 0.127. The molecule has 0 aromatic heterocycles. The second kappa shape index (κ2) is 13.8. The quantitative estimate of drug-likeness (QED) is 0.200. The van der Waals surface area contributed by atoms with Crippen LogP contribution in [0.1, 0.15) is 55.8 Å². The Morgan fingerprint density at radius 1 is 1.17 bits per heavy atom. The average molecular weight is 491 g/mol. The maximum atomic E-state index is 13.4. The molecule has 1 unspecified atom stereocenters. The van der Waals surface area contributed by atoms with Crippen molar-refractivity contribution in [1.82, 2.24) is 10.2 Å². The first-order valence-electron chi connectivity index (χ1n) is 12.2. The molecule has 0 radical (unpaired) electrons. The Morgan fingerprint density at radius 2 is 1.86 bits per heavy atom. The van der Waals surface area contributed by atoms with Crippen LogP contribution >= 0.6 is 0 Å². The molecule has 0 saturated carbocycles. The van der Waals surface area contributed by atoms with Gasteiger partial charge in [0.1, 0.15) is 12.1 Å². The van der Waals surface area contributed by atoms with Crippen LogP contribution in [0.4, 0.5) is 5.69 Å². The predicted octanol–water partition coefficient (Wildman–Crippen LogP) is 1.42. The molecule has 1 aromatic carbocycles. The molecular formula is C25H38N4O6. The molecule has 194 valence electrons. The maximum Gasteiger partial charge on any atom is 0.326 e. The van der Waals surface area contributed by atoms with Crippen LogP contribution in [0.25, 0.3) is 0 Å². The molecule has 0 bridgehead atoms. The molecule has 35 heavy (non-hydrogen) atoms. The fourth-order valence-electron chi connectivity index (χ4n) is 4.20. The van der Waals surface area contributed by atoms with E-state index in [1.807, 2.05) is 31.1 Å². The van der Waals surface area contributed by atoms with Gasteiger partial charge < -0.3 is 25.4 Å². The summed E-state index contributed by atoms with van der Waals surface area (Å²) < 4.78 is 5.18. The summed E-state index contributed by atoms with van der Waals surface area (Å²) in [5.74, 6) is -2.32. The summed E-state index contributed by atoms with van der Waals surface area (Å²) in [6.45, 7) is 2.58. The number of ether oxygens (including phenoxy) is 1. The van der Waals surface area contributed by atoms with Crippen molar-refractivity contribution in [3.8, 4) is 0 Å². The molecule has 1 fully saturated rings. The van der Waals surface area contributed by atoms with E-state index in [1.165, 1.54) is 4.90 Å². The number of anilines is 1. The zero-order valence-corrected chi connectivity index (χ0v) is 20.9. The molecule has 0 aliphatic carbocycles. The molecule has 1 aliphatic rings. The lowest BCUT2D eigenvalue weighted by atomic mass is 10.0. The number of aliphatic carboxylic acids is 1.